The third kappa shape index (κ3) is 5.15. The lowest BCUT2D eigenvalue weighted by molar-refractivity contribution is -0.121. The summed E-state index contributed by atoms with van der Waals surface area (Å²) in [5.41, 5.74) is 1.65. The summed E-state index contributed by atoms with van der Waals surface area (Å²) in [6.07, 6.45) is 0.101. The molecule has 0 radical (unpaired) electrons. The smallest absolute Gasteiger partial charge is 0.355 e. The van der Waals surface area contributed by atoms with Gasteiger partial charge in [-0.15, -0.1) is 0 Å². The van der Waals surface area contributed by atoms with Gasteiger partial charge in [0.05, 0.1) is 25.2 Å². The van der Waals surface area contributed by atoms with Crippen LogP contribution in [-0.2, 0) is 14.3 Å². The fraction of sp³-hybridized carbons (Fsp3) is 0.300. The van der Waals surface area contributed by atoms with Crippen LogP contribution >= 0.6 is 11.6 Å². The normalized spacial score (nSPS) is 10.2. The van der Waals surface area contributed by atoms with E-state index in [4.69, 9.17) is 26.3 Å². The lowest BCUT2D eigenvalue weighted by Crippen LogP contribution is -2.35. The Hall–Kier alpha value is -3.31. The summed E-state index contributed by atoms with van der Waals surface area (Å²) < 4.78 is 9.84. The number of amides is 1. The zero-order valence-electron chi connectivity index (χ0n) is 16.2. The molecular weight excluding hydrogens is 398 g/mol. The van der Waals surface area contributed by atoms with Gasteiger partial charge in [0.15, 0.2) is 6.61 Å². The molecule has 1 amide bonds. The molecule has 29 heavy (non-hydrogen) atoms. The van der Waals surface area contributed by atoms with Gasteiger partial charge in [0.2, 0.25) is 0 Å². The van der Waals surface area contributed by atoms with Crippen molar-refractivity contribution < 1.29 is 23.9 Å². The minimum atomic E-state index is -0.777. The maximum absolute atomic E-state index is 12.6. The second-order valence-electron chi connectivity index (χ2n) is 6.13. The fourth-order valence-corrected chi connectivity index (χ4v) is 3.03. The van der Waals surface area contributed by atoms with E-state index in [-0.39, 0.29) is 24.2 Å². The predicted octanol–water partition coefficient (Wildman–Crippen LogP) is 3.18. The quantitative estimate of drug-likeness (QED) is 0.692. The van der Waals surface area contributed by atoms with Crippen LogP contribution in [0.1, 0.15) is 38.5 Å². The van der Waals surface area contributed by atoms with Crippen molar-refractivity contribution in [3.8, 4) is 6.07 Å². The summed E-state index contributed by atoms with van der Waals surface area (Å²) in [5.74, 6) is -1.86. The minimum absolute atomic E-state index is 0.0713. The molecule has 2 aromatic rings. The van der Waals surface area contributed by atoms with E-state index in [2.05, 4.69) is 4.98 Å². The van der Waals surface area contributed by atoms with Gasteiger partial charge in [-0.3, -0.25) is 4.79 Å². The van der Waals surface area contributed by atoms with Crippen LogP contribution < -0.4 is 4.90 Å². The molecule has 0 atom stereocenters. The first-order valence-electron chi connectivity index (χ1n) is 8.67. The Kier molecular flexibility index (Phi) is 7.39. The second kappa shape index (κ2) is 9.75. The first kappa shape index (κ1) is 22.0. The summed E-state index contributed by atoms with van der Waals surface area (Å²) in [6, 6.07) is 8.57. The number of nitriles is 1. The van der Waals surface area contributed by atoms with Crippen molar-refractivity contribution >= 4 is 35.1 Å². The number of carbonyl (C=O) groups excluding carboxylic acids is 3. The largest absolute Gasteiger partial charge is 0.465 e. The van der Waals surface area contributed by atoms with E-state index in [0.717, 1.165) is 0 Å². The van der Waals surface area contributed by atoms with Gasteiger partial charge in [0, 0.05) is 22.9 Å². The van der Waals surface area contributed by atoms with E-state index in [9.17, 15) is 14.4 Å². The molecule has 2 rings (SSSR count). The number of methoxy groups -OCH3 is 1. The number of H-pyrrole nitrogens is 1. The summed E-state index contributed by atoms with van der Waals surface area (Å²) in [6.45, 7) is 2.80. The molecule has 1 heterocycles. The number of ether oxygens (including phenoxy) is 2. The Morgan fingerprint density at radius 2 is 1.97 bits per heavy atom. The Morgan fingerprint density at radius 1 is 1.24 bits per heavy atom. The number of aryl methyl sites for hydroxylation is 1. The third-order valence-electron chi connectivity index (χ3n) is 4.23. The zero-order chi connectivity index (χ0) is 21.6. The maximum atomic E-state index is 12.6. The number of halogens is 1. The molecule has 0 aliphatic rings. The highest BCUT2D eigenvalue weighted by Gasteiger charge is 2.25. The molecule has 1 aromatic carbocycles. The molecule has 0 saturated carbocycles. The first-order valence-corrected chi connectivity index (χ1v) is 9.05. The molecule has 9 heteroatoms. The van der Waals surface area contributed by atoms with Crippen LogP contribution in [0, 0.1) is 25.2 Å². The van der Waals surface area contributed by atoms with Crippen molar-refractivity contribution in [3.05, 3.63) is 51.8 Å². The van der Waals surface area contributed by atoms with Gasteiger partial charge in [0.1, 0.15) is 5.69 Å². The SMILES string of the molecule is COC(=O)c1c(C)[nH]c(C(=O)OCC(=O)N(CCC#N)c2cccc(Cl)c2)c1C. The van der Waals surface area contributed by atoms with Gasteiger partial charge in [-0.25, -0.2) is 9.59 Å². The molecule has 0 unspecified atom stereocenters. The molecule has 1 aromatic heterocycles. The van der Waals surface area contributed by atoms with Crippen molar-refractivity contribution in [1.29, 1.82) is 5.26 Å². The number of rotatable bonds is 7. The average Bonchev–Trinajstić information content (AvgIpc) is 3.00. The van der Waals surface area contributed by atoms with Crippen molar-refractivity contribution in [3.63, 3.8) is 0 Å². The number of anilines is 1. The van der Waals surface area contributed by atoms with E-state index < -0.39 is 24.5 Å². The molecule has 0 aliphatic carbocycles. The van der Waals surface area contributed by atoms with Crippen LogP contribution in [0.4, 0.5) is 5.69 Å². The maximum Gasteiger partial charge on any atom is 0.355 e. The van der Waals surface area contributed by atoms with Crippen molar-refractivity contribution in [2.75, 3.05) is 25.2 Å². The number of hydrogen-bond donors (Lipinski definition) is 1. The molecule has 8 nitrogen and oxygen atoms in total. The number of esters is 2. The Balaban J connectivity index is 2.14. The number of aromatic amines is 1. The van der Waals surface area contributed by atoms with Gasteiger partial charge >= 0.3 is 11.9 Å². The highest BCUT2D eigenvalue weighted by Crippen LogP contribution is 2.21. The number of benzene rings is 1. The van der Waals surface area contributed by atoms with Crippen LogP contribution in [0.15, 0.2) is 24.3 Å². The summed E-state index contributed by atoms with van der Waals surface area (Å²) in [5, 5.41) is 9.28. The molecule has 0 spiro atoms. The molecule has 0 saturated heterocycles. The molecule has 0 bridgehead atoms. The van der Waals surface area contributed by atoms with Crippen LogP contribution in [-0.4, -0.2) is 43.1 Å². The summed E-state index contributed by atoms with van der Waals surface area (Å²) in [7, 11) is 1.25. The van der Waals surface area contributed by atoms with Gasteiger partial charge in [0.25, 0.3) is 5.91 Å². The molecule has 1 N–H and O–H groups in total. The Labute approximate surface area is 173 Å². The van der Waals surface area contributed by atoms with E-state index in [1.165, 1.54) is 12.0 Å². The molecule has 152 valence electrons. The van der Waals surface area contributed by atoms with Crippen molar-refractivity contribution in [2.45, 2.75) is 20.3 Å². The molecule has 0 fully saturated rings. The van der Waals surface area contributed by atoms with Crippen molar-refractivity contribution in [1.82, 2.24) is 4.98 Å². The number of nitrogens with one attached hydrogen (secondary N) is 1. The lowest BCUT2D eigenvalue weighted by Gasteiger charge is -2.21. The predicted molar refractivity (Wildman–Crippen MR) is 106 cm³/mol. The van der Waals surface area contributed by atoms with Crippen LogP contribution in [0.2, 0.25) is 5.02 Å². The van der Waals surface area contributed by atoms with Crippen LogP contribution in [0.3, 0.4) is 0 Å². The number of hydrogen-bond acceptors (Lipinski definition) is 6. The van der Waals surface area contributed by atoms with Crippen molar-refractivity contribution in [2.24, 2.45) is 0 Å². The van der Waals surface area contributed by atoms with Gasteiger partial charge in [-0.1, -0.05) is 17.7 Å². The fourth-order valence-electron chi connectivity index (χ4n) is 2.84. The number of aromatic nitrogens is 1. The van der Waals surface area contributed by atoms with Gasteiger partial charge in [-0.05, 0) is 37.6 Å². The summed E-state index contributed by atoms with van der Waals surface area (Å²) in [4.78, 5) is 41.0. The zero-order valence-corrected chi connectivity index (χ0v) is 17.0. The standard InChI is InChI=1S/C20H20ClN3O5/c1-12-17(19(26)28-3)13(2)23-18(12)20(27)29-11-16(25)24(9-5-8-22)15-7-4-6-14(21)10-15/h4,6-7,10,23H,5,9,11H2,1-3H3. The van der Waals surface area contributed by atoms with Gasteiger partial charge < -0.3 is 19.4 Å². The number of carbonyl (C=O) groups is 3. The van der Waals surface area contributed by atoms with Gasteiger partial charge in [-0.2, -0.15) is 5.26 Å². The highest BCUT2D eigenvalue weighted by atomic mass is 35.5. The minimum Gasteiger partial charge on any atom is -0.465 e. The lowest BCUT2D eigenvalue weighted by atomic mass is 10.1. The second-order valence-corrected chi connectivity index (χ2v) is 6.56. The van der Waals surface area contributed by atoms with E-state index in [1.54, 1.807) is 38.1 Å². The summed E-state index contributed by atoms with van der Waals surface area (Å²) >= 11 is 5.98. The van der Waals surface area contributed by atoms with E-state index >= 15 is 0 Å². The topological polar surface area (TPSA) is 112 Å². The van der Waals surface area contributed by atoms with Crippen LogP contribution in [0.25, 0.3) is 0 Å². The highest BCUT2D eigenvalue weighted by molar-refractivity contribution is 6.30. The Bertz CT molecular complexity index is 977. The average molecular weight is 418 g/mol. The van der Waals surface area contributed by atoms with E-state index in [1.807, 2.05) is 6.07 Å². The molecular formula is C20H20ClN3O5. The monoisotopic (exact) mass is 417 g/mol. The number of nitrogens with zero attached hydrogens (tertiary/aromatic N) is 2. The van der Waals surface area contributed by atoms with Crippen LogP contribution in [0.5, 0.6) is 0 Å². The third-order valence-corrected chi connectivity index (χ3v) is 4.46. The first-order chi connectivity index (χ1) is 13.8. The Morgan fingerprint density at radius 3 is 2.59 bits per heavy atom. The molecule has 0 aliphatic heterocycles. The van der Waals surface area contributed by atoms with E-state index in [0.29, 0.717) is 22.0 Å².